The molecule has 1 aliphatic carbocycles. The minimum absolute atomic E-state index is 1.11. The quantitative estimate of drug-likeness (QED) is 0.524. The molecule has 1 heteroatoms. The maximum absolute atomic E-state index is 4.26. The molecule has 0 aliphatic heterocycles. The van der Waals surface area contributed by atoms with Crippen molar-refractivity contribution in [2.45, 2.75) is 26.2 Å². The van der Waals surface area contributed by atoms with E-state index in [0.717, 1.165) is 12.8 Å². The Hall–Kier alpha value is -0.850. The smallest absolute Gasteiger partial charge is 0.0429 e. The molecule has 1 aliphatic rings. The van der Waals surface area contributed by atoms with Crippen molar-refractivity contribution in [1.82, 2.24) is 0 Å². The molecular weight excluding hydrogens is 122 g/mol. The molecule has 0 spiro atoms. The van der Waals surface area contributed by atoms with E-state index in [2.05, 4.69) is 11.6 Å². The topological polar surface area (TPSA) is 12.4 Å². The van der Waals surface area contributed by atoms with Gasteiger partial charge in [-0.25, -0.2) is 0 Å². The summed E-state index contributed by atoms with van der Waals surface area (Å²) in [4.78, 5) is 4.26. The van der Waals surface area contributed by atoms with Gasteiger partial charge in [0.05, 0.1) is 0 Å². The van der Waals surface area contributed by atoms with Crippen molar-refractivity contribution < 1.29 is 0 Å². The van der Waals surface area contributed by atoms with Crippen molar-refractivity contribution in [2.24, 2.45) is 4.99 Å². The normalized spacial score (nSPS) is 23.3. The predicted octanol–water partition coefficient (Wildman–Crippen LogP) is 2.70. The van der Waals surface area contributed by atoms with Crippen LogP contribution < -0.4 is 0 Å². The molecule has 1 saturated carbocycles. The molecule has 1 fully saturated rings. The highest BCUT2D eigenvalue weighted by Gasteiger charge is 2.11. The lowest BCUT2D eigenvalue weighted by atomic mass is 10.2. The molecule has 0 aromatic heterocycles. The molecule has 0 heterocycles. The third-order valence-corrected chi connectivity index (χ3v) is 1.68. The summed E-state index contributed by atoms with van der Waals surface area (Å²) in [5.74, 6) is 0. The fraction of sp³-hybridized carbons (Fsp3) is 0.444. The molecule has 0 unspecified atom stereocenters. The van der Waals surface area contributed by atoms with Gasteiger partial charge in [-0.2, -0.15) is 0 Å². The third-order valence-electron chi connectivity index (χ3n) is 1.68. The van der Waals surface area contributed by atoms with E-state index in [1.165, 1.54) is 17.7 Å². The molecule has 1 nitrogen and oxygen atoms in total. The SMILES string of the molecule is C=C1CCCC1=N/C=C\C. The third kappa shape index (κ3) is 1.56. The first-order chi connectivity index (χ1) is 4.84. The second-order valence-electron chi connectivity index (χ2n) is 2.52. The van der Waals surface area contributed by atoms with Crippen LogP contribution in [-0.2, 0) is 0 Å². The number of rotatable bonds is 1. The number of hydrogen-bond donors (Lipinski definition) is 0. The molecule has 0 amide bonds. The number of nitrogens with zero attached hydrogens (tertiary/aromatic N) is 1. The van der Waals surface area contributed by atoms with Gasteiger partial charge in [0.25, 0.3) is 0 Å². The van der Waals surface area contributed by atoms with Gasteiger partial charge in [-0.05, 0) is 31.8 Å². The molecule has 0 atom stereocenters. The highest BCUT2D eigenvalue weighted by Crippen LogP contribution is 2.19. The second-order valence-corrected chi connectivity index (χ2v) is 2.52. The summed E-state index contributed by atoms with van der Waals surface area (Å²) in [6.45, 7) is 5.90. The Kier molecular flexibility index (Phi) is 2.43. The van der Waals surface area contributed by atoms with Crippen LogP contribution in [0.1, 0.15) is 26.2 Å². The largest absolute Gasteiger partial charge is 0.261 e. The zero-order valence-electron chi connectivity index (χ0n) is 6.43. The van der Waals surface area contributed by atoms with Crippen molar-refractivity contribution >= 4 is 5.71 Å². The van der Waals surface area contributed by atoms with Crippen molar-refractivity contribution in [3.05, 3.63) is 24.4 Å². The van der Waals surface area contributed by atoms with Crippen molar-refractivity contribution in [3.63, 3.8) is 0 Å². The molecule has 0 aromatic carbocycles. The lowest BCUT2D eigenvalue weighted by molar-refractivity contribution is 0.948. The van der Waals surface area contributed by atoms with Crippen LogP contribution in [0.4, 0.5) is 0 Å². The lowest BCUT2D eigenvalue weighted by Gasteiger charge is -1.91. The Balaban J connectivity index is 2.62. The number of hydrogen-bond acceptors (Lipinski definition) is 1. The van der Waals surface area contributed by atoms with E-state index in [4.69, 9.17) is 0 Å². The van der Waals surface area contributed by atoms with E-state index >= 15 is 0 Å². The van der Waals surface area contributed by atoms with Crippen LogP contribution in [0.2, 0.25) is 0 Å². The number of allylic oxidation sites excluding steroid dienone is 2. The molecule has 0 N–H and O–H groups in total. The molecule has 0 saturated heterocycles. The molecule has 0 aromatic rings. The Morgan fingerprint density at radius 2 is 2.30 bits per heavy atom. The highest BCUT2D eigenvalue weighted by atomic mass is 14.7. The van der Waals surface area contributed by atoms with E-state index in [1.54, 1.807) is 0 Å². The van der Waals surface area contributed by atoms with Crippen LogP contribution in [0.5, 0.6) is 0 Å². The van der Waals surface area contributed by atoms with Gasteiger partial charge in [-0.1, -0.05) is 12.7 Å². The zero-order valence-corrected chi connectivity index (χ0v) is 6.43. The van der Waals surface area contributed by atoms with Gasteiger partial charge in [0, 0.05) is 11.9 Å². The summed E-state index contributed by atoms with van der Waals surface area (Å²) in [7, 11) is 0. The van der Waals surface area contributed by atoms with Gasteiger partial charge in [0.1, 0.15) is 0 Å². The maximum atomic E-state index is 4.26. The Bertz CT molecular complexity index is 187. The van der Waals surface area contributed by atoms with Crippen LogP contribution in [0.25, 0.3) is 0 Å². The van der Waals surface area contributed by atoms with Gasteiger partial charge < -0.3 is 0 Å². The van der Waals surface area contributed by atoms with Crippen LogP contribution in [-0.4, -0.2) is 5.71 Å². The Labute approximate surface area is 62.2 Å². The Morgan fingerprint density at radius 3 is 2.80 bits per heavy atom. The molecular formula is C9H13N. The van der Waals surface area contributed by atoms with Gasteiger partial charge in [-0.15, -0.1) is 0 Å². The summed E-state index contributed by atoms with van der Waals surface area (Å²) >= 11 is 0. The first-order valence-electron chi connectivity index (χ1n) is 3.70. The van der Waals surface area contributed by atoms with Crippen molar-refractivity contribution in [3.8, 4) is 0 Å². The minimum Gasteiger partial charge on any atom is -0.261 e. The highest BCUT2D eigenvalue weighted by molar-refractivity contribution is 6.01. The Morgan fingerprint density at radius 1 is 1.50 bits per heavy atom. The van der Waals surface area contributed by atoms with Gasteiger partial charge >= 0.3 is 0 Å². The van der Waals surface area contributed by atoms with Gasteiger partial charge in [0.15, 0.2) is 0 Å². The van der Waals surface area contributed by atoms with E-state index in [1.807, 2.05) is 19.2 Å². The molecule has 1 rings (SSSR count). The second kappa shape index (κ2) is 3.35. The van der Waals surface area contributed by atoms with Crippen molar-refractivity contribution in [2.75, 3.05) is 0 Å². The average Bonchev–Trinajstić information content (AvgIpc) is 2.31. The van der Waals surface area contributed by atoms with Crippen LogP contribution in [0.3, 0.4) is 0 Å². The summed E-state index contributed by atoms with van der Waals surface area (Å²) in [5.41, 5.74) is 2.41. The maximum Gasteiger partial charge on any atom is 0.0429 e. The summed E-state index contributed by atoms with van der Waals surface area (Å²) in [6, 6.07) is 0. The molecule has 10 heavy (non-hydrogen) atoms. The van der Waals surface area contributed by atoms with Crippen LogP contribution >= 0.6 is 0 Å². The van der Waals surface area contributed by atoms with Gasteiger partial charge in [0.2, 0.25) is 0 Å². The standard InChI is InChI=1S/C9H13N/c1-3-7-10-9-6-4-5-8(9)2/h3,7H,2,4-6H2,1H3/b7-3-,10-9?. The fourth-order valence-corrected chi connectivity index (χ4v) is 1.11. The molecule has 0 radical (unpaired) electrons. The van der Waals surface area contributed by atoms with Crippen LogP contribution in [0, 0.1) is 0 Å². The summed E-state index contributed by atoms with van der Waals surface area (Å²) < 4.78 is 0. The van der Waals surface area contributed by atoms with E-state index in [0.29, 0.717) is 0 Å². The molecule has 0 bridgehead atoms. The van der Waals surface area contributed by atoms with Crippen LogP contribution in [0.15, 0.2) is 29.4 Å². The van der Waals surface area contributed by atoms with E-state index < -0.39 is 0 Å². The minimum atomic E-state index is 1.11. The monoisotopic (exact) mass is 135 g/mol. The predicted molar refractivity (Wildman–Crippen MR) is 45.2 cm³/mol. The van der Waals surface area contributed by atoms with Crippen molar-refractivity contribution in [1.29, 1.82) is 0 Å². The summed E-state index contributed by atoms with van der Waals surface area (Å²) in [5, 5.41) is 0. The van der Waals surface area contributed by atoms with E-state index in [9.17, 15) is 0 Å². The number of aliphatic imine (C=N–C) groups is 1. The first-order valence-corrected chi connectivity index (χ1v) is 3.70. The average molecular weight is 135 g/mol. The van der Waals surface area contributed by atoms with Gasteiger partial charge in [-0.3, -0.25) is 4.99 Å². The molecule has 54 valence electrons. The summed E-state index contributed by atoms with van der Waals surface area (Å²) in [6.07, 6.45) is 7.26. The fourth-order valence-electron chi connectivity index (χ4n) is 1.11. The van der Waals surface area contributed by atoms with E-state index in [-0.39, 0.29) is 0 Å². The first kappa shape index (κ1) is 7.26. The lowest BCUT2D eigenvalue weighted by Crippen LogP contribution is -1.89. The zero-order chi connectivity index (χ0) is 7.40.